The zero-order chi connectivity index (χ0) is 32.5. The van der Waals surface area contributed by atoms with Crippen LogP contribution in [-0.4, -0.2) is 75.9 Å². The van der Waals surface area contributed by atoms with Crippen molar-refractivity contribution in [3.8, 4) is 16.9 Å². The van der Waals surface area contributed by atoms with Gasteiger partial charge >= 0.3 is 0 Å². The molecule has 5 N–H and O–H groups in total. The number of amides is 1. The standard InChI is InChI=1S/C35H37N3O7/c1-16(2)37-15-17-9-10-21(20-8-6-5-7-19(17)20)22-11-12-25(39)27-23(22)13-18-14-24-29(38(3)4)31(41)28(34(36)44)33(43)35(24,45)32(42)26(18)30(27)40/h5-12,16,18,24,26,28-29,37,39,45H,13-15H2,1-4H3,(H2,36,44)/t18-,24-,26?,28?,29-,35-/m1/s1. The van der Waals surface area contributed by atoms with Crippen LogP contribution in [0.3, 0.4) is 0 Å². The van der Waals surface area contributed by atoms with Crippen LogP contribution in [0, 0.1) is 23.7 Å². The summed E-state index contributed by atoms with van der Waals surface area (Å²) in [6, 6.07) is 14.4. The Hall–Kier alpha value is -4.25. The normalized spacial score (nSPS) is 27.9. The van der Waals surface area contributed by atoms with Crippen LogP contribution in [0.2, 0.25) is 0 Å². The lowest BCUT2D eigenvalue weighted by Gasteiger charge is -2.52. The molecule has 10 nitrogen and oxygen atoms in total. The number of phenolic OH excluding ortho intramolecular Hbond substituents is 1. The molecule has 0 saturated heterocycles. The molecule has 6 atom stereocenters. The number of nitrogens with two attached hydrogens (primary N) is 1. The van der Waals surface area contributed by atoms with Gasteiger partial charge in [0.15, 0.2) is 34.7 Å². The Bertz CT molecular complexity index is 1800. The number of aromatic hydroxyl groups is 1. The number of ketones is 4. The molecule has 6 rings (SSSR count). The molecular formula is C35H37N3O7. The molecule has 0 bridgehead atoms. The van der Waals surface area contributed by atoms with Gasteiger partial charge < -0.3 is 21.3 Å². The van der Waals surface area contributed by atoms with Gasteiger partial charge in [0.05, 0.1) is 17.5 Å². The Morgan fingerprint density at radius 1 is 1.00 bits per heavy atom. The molecule has 234 valence electrons. The Labute approximate surface area is 260 Å². The maximum Gasteiger partial charge on any atom is 0.235 e. The highest BCUT2D eigenvalue weighted by molar-refractivity contribution is 6.32. The number of fused-ring (bicyclic) bond motifs is 4. The fraction of sp³-hybridized carbons (Fsp3) is 0.400. The fourth-order valence-electron chi connectivity index (χ4n) is 7.92. The first-order chi connectivity index (χ1) is 21.3. The van der Waals surface area contributed by atoms with Gasteiger partial charge in [0, 0.05) is 18.5 Å². The van der Waals surface area contributed by atoms with Gasteiger partial charge in [-0.25, -0.2) is 0 Å². The molecule has 2 unspecified atom stereocenters. The first kappa shape index (κ1) is 30.8. The minimum atomic E-state index is -2.75. The van der Waals surface area contributed by atoms with Gasteiger partial charge in [0.1, 0.15) is 5.75 Å². The van der Waals surface area contributed by atoms with Gasteiger partial charge in [-0.3, -0.25) is 28.9 Å². The van der Waals surface area contributed by atoms with Gasteiger partial charge in [-0.15, -0.1) is 0 Å². The van der Waals surface area contributed by atoms with Crippen LogP contribution in [0.5, 0.6) is 5.75 Å². The maximum atomic E-state index is 14.2. The molecule has 45 heavy (non-hydrogen) atoms. The van der Waals surface area contributed by atoms with Gasteiger partial charge in [0.25, 0.3) is 0 Å². The number of phenols is 1. The van der Waals surface area contributed by atoms with E-state index in [0.29, 0.717) is 18.2 Å². The molecule has 3 aromatic carbocycles. The minimum absolute atomic E-state index is 0.000448. The second-order valence-corrected chi connectivity index (χ2v) is 13.1. The quantitative estimate of drug-likeness (QED) is 0.306. The van der Waals surface area contributed by atoms with Gasteiger partial charge in [0.2, 0.25) is 5.91 Å². The number of hydrogen-bond donors (Lipinski definition) is 4. The van der Waals surface area contributed by atoms with Crippen LogP contribution in [0.25, 0.3) is 21.9 Å². The highest BCUT2D eigenvalue weighted by Gasteiger charge is 2.69. The highest BCUT2D eigenvalue weighted by atomic mass is 16.3. The van der Waals surface area contributed by atoms with Crippen LogP contribution in [-0.2, 0) is 32.1 Å². The third-order valence-electron chi connectivity index (χ3n) is 9.95. The molecule has 2 saturated carbocycles. The average Bonchev–Trinajstić information content (AvgIpc) is 2.97. The van der Waals surface area contributed by atoms with E-state index in [4.69, 9.17) is 5.73 Å². The number of Topliss-reactive ketones (excluding diaryl/α,β-unsaturated/α-hetero) is 4. The summed E-state index contributed by atoms with van der Waals surface area (Å²) in [5.41, 5.74) is 5.91. The highest BCUT2D eigenvalue weighted by Crippen LogP contribution is 2.52. The van der Waals surface area contributed by atoms with E-state index >= 15 is 0 Å². The lowest BCUT2D eigenvalue weighted by Crippen LogP contribution is -2.74. The van der Waals surface area contributed by atoms with E-state index in [0.717, 1.165) is 27.5 Å². The van der Waals surface area contributed by atoms with Crippen molar-refractivity contribution in [3.05, 3.63) is 65.2 Å². The number of carbonyl (C=O) groups excluding carboxylic acids is 5. The Balaban J connectivity index is 1.49. The van der Waals surface area contributed by atoms with Crippen molar-refractivity contribution in [2.24, 2.45) is 29.4 Å². The van der Waals surface area contributed by atoms with E-state index in [1.54, 1.807) is 20.2 Å². The topological polar surface area (TPSA) is 167 Å². The van der Waals surface area contributed by atoms with Crippen molar-refractivity contribution in [2.45, 2.75) is 50.9 Å². The second kappa shape index (κ2) is 11.0. The predicted molar refractivity (Wildman–Crippen MR) is 166 cm³/mol. The fourth-order valence-corrected chi connectivity index (χ4v) is 7.92. The van der Waals surface area contributed by atoms with Gasteiger partial charge in [-0.1, -0.05) is 56.3 Å². The molecule has 3 aliphatic carbocycles. The number of benzene rings is 3. The van der Waals surface area contributed by atoms with Crippen molar-refractivity contribution in [2.75, 3.05) is 14.1 Å². The molecule has 2 fully saturated rings. The first-order valence-corrected chi connectivity index (χ1v) is 15.2. The summed E-state index contributed by atoms with van der Waals surface area (Å²) in [7, 11) is 3.13. The number of nitrogens with zero attached hydrogens (tertiary/aromatic N) is 1. The second-order valence-electron chi connectivity index (χ2n) is 13.1. The third-order valence-corrected chi connectivity index (χ3v) is 9.95. The Kier molecular flexibility index (Phi) is 7.50. The summed E-state index contributed by atoms with van der Waals surface area (Å²) in [5.74, 6) is -10.6. The van der Waals surface area contributed by atoms with Crippen molar-refractivity contribution in [3.63, 3.8) is 0 Å². The van der Waals surface area contributed by atoms with Crippen LogP contribution >= 0.6 is 0 Å². The van der Waals surface area contributed by atoms with Crippen molar-refractivity contribution < 1.29 is 34.2 Å². The lowest BCUT2D eigenvalue weighted by molar-refractivity contribution is -0.181. The molecule has 0 radical (unpaired) electrons. The maximum absolute atomic E-state index is 14.2. The number of rotatable bonds is 6. The number of carbonyl (C=O) groups is 5. The third kappa shape index (κ3) is 4.54. The van der Waals surface area contributed by atoms with E-state index < -0.39 is 64.4 Å². The van der Waals surface area contributed by atoms with E-state index in [1.165, 1.54) is 11.0 Å². The molecular weight excluding hydrogens is 574 g/mol. The van der Waals surface area contributed by atoms with E-state index in [-0.39, 0.29) is 24.2 Å². The predicted octanol–water partition coefficient (Wildman–Crippen LogP) is 2.19. The molecule has 1 amide bonds. The zero-order valence-corrected chi connectivity index (χ0v) is 25.7. The van der Waals surface area contributed by atoms with Crippen molar-refractivity contribution >= 4 is 39.8 Å². The number of hydrogen-bond acceptors (Lipinski definition) is 9. The van der Waals surface area contributed by atoms with Crippen LogP contribution in [0.4, 0.5) is 0 Å². The minimum Gasteiger partial charge on any atom is -0.507 e. The summed E-state index contributed by atoms with van der Waals surface area (Å²) >= 11 is 0. The van der Waals surface area contributed by atoms with Gasteiger partial charge in [-0.2, -0.15) is 0 Å². The molecule has 0 heterocycles. The summed E-state index contributed by atoms with van der Waals surface area (Å²) in [5, 5.41) is 28.3. The molecule has 0 aromatic heterocycles. The Morgan fingerprint density at radius 3 is 2.31 bits per heavy atom. The molecule has 3 aliphatic rings. The van der Waals surface area contributed by atoms with Crippen LogP contribution in [0.15, 0.2) is 48.5 Å². The van der Waals surface area contributed by atoms with E-state index in [1.807, 2.05) is 36.4 Å². The van der Waals surface area contributed by atoms with Gasteiger partial charge in [-0.05, 0) is 71.9 Å². The number of aliphatic hydroxyl groups is 1. The van der Waals surface area contributed by atoms with E-state index in [2.05, 4.69) is 19.2 Å². The first-order valence-electron chi connectivity index (χ1n) is 15.2. The summed E-state index contributed by atoms with van der Waals surface area (Å²) in [4.78, 5) is 68.9. The number of likely N-dealkylation sites (N-methyl/N-ethyl adjacent to an activating group) is 1. The lowest BCUT2D eigenvalue weighted by atomic mass is 9.52. The molecule has 0 aliphatic heterocycles. The SMILES string of the molecule is CC(C)NCc1ccc(-c2ccc(O)c3c2C[C@@H]2C[C@@H]4[C@@H](N(C)C)C(=O)C(C(N)=O)C(=O)[C@]4(O)C(=O)C2C3=O)c2ccccc12. The molecule has 3 aromatic rings. The monoisotopic (exact) mass is 611 g/mol. The summed E-state index contributed by atoms with van der Waals surface area (Å²) < 4.78 is 0. The molecule has 0 spiro atoms. The Morgan fingerprint density at radius 2 is 1.67 bits per heavy atom. The van der Waals surface area contributed by atoms with Crippen molar-refractivity contribution in [1.82, 2.24) is 10.2 Å². The zero-order valence-electron chi connectivity index (χ0n) is 25.7. The average molecular weight is 612 g/mol. The van der Waals surface area contributed by atoms with Crippen LogP contribution in [0.1, 0.15) is 41.8 Å². The largest absolute Gasteiger partial charge is 0.507 e. The van der Waals surface area contributed by atoms with E-state index in [9.17, 15) is 34.2 Å². The van der Waals surface area contributed by atoms with Crippen molar-refractivity contribution in [1.29, 1.82) is 0 Å². The number of primary amides is 1. The summed E-state index contributed by atoms with van der Waals surface area (Å²) in [6.45, 7) is 4.83. The molecule has 10 heteroatoms. The smallest absolute Gasteiger partial charge is 0.235 e. The van der Waals surface area contributed by atoms with Crippen LogP contribution < -0.4 is 11.1 Å². The number of nitrogens with one attached hydrogen (secondary N) is 1. The summed E-state index contributed by atoms with van der Waals surface area (Å²) in [6.07, 6.45) is 0.195.